The van der Waals surface area contributed by atoms with Crippen molar-refractivity contribution in [2.24, 2.45) is 5.73 Å². The van der Waals surface area contributed by atoms with Crippen LogP contribution in [-0.4, -0.2) is 24.5 Å². The summed E-state index contributed by atoms with van der Waals surface area (Å²) in [5.74, 6) is 0. The van der Waals surface area contributed by atoms with Crippen LogP contribution in [0.5, 0.6) is 0 Å². The highest BCUT2D eigenvalue weighted by Gasteiger charge is 2.13. The normalized spacial score (nSPS) is 12.6. The Kier molecular flexibility index (Phi) is 5.78. The quantitative estimate of drug-likeness (QED) is 0.836. The summed E-state index contributed by atoms with van der Waals surface area (Å²) >= 11 is 0. The van der Waals surface area contributed by atoms with E-state index in [4.69, 9.17) is 5.73 Å². The Bertz CT molecular complexity index is 481. The van der Waals surface area contributed by atoms with Crippen molar-refractivity contribution in [2.75, 3.05) is 13.6 Å². The fourth-order valence-corrected chi connectivity index (χ4v) is 2.50. The minimum atomic E-state index is 0.426. The second-order valence-corrected chi connectivity index (χ2v) is 5.31. The van der Waals surface area contributed by atoms with E-state index in [0.717, 1.165) is 19.4 Å². The highest BCUT2D eigenvalue weighted by atomic mass is 15.1. The fourth-order valence-electron chi connectivity index (χ4n) is 2.50. The smallest absolute Gasteiger partial charge is 0.0234 e. The van der Waals surface area contributed by atoms with Crippen molar-refractivity contribution >= 4 is 0 Å². The minimum Gasteiger partial charge on any atom is -0.329 e. The summed E-state index contributed by atoms with van der Waals surface area (Å²) < 4.78 is 0. The van der Waals surface area contributed by atoms with E-state index in [1.54, 1.807) is 0 Å². The van der Waals surface area contributed by atoms with E-state index in [-0.39, 0.29) is 0 Å². The molecular formula is C18H24N2. The van der Waals surface area contributed by atoms with Crippen LogP contribution in [0.2, 0.25) is 0 Å². The third-order valence-electron chi connectivity index (χ3n) is 3.78. The molecule has 2 N–H and O–H groups in total. The molecule has 0 fully saturated rings. The van der Waals surface area contributed by atoms with Crippen molar-refractivity contribution in [3.8, 4) is 0 Å². The van der Waals surface area contributed by atoms with Crippen LogP contribution < -0.4 is 5.73 Å². The molecule has 2 aromatic carbocycles. The Morgan fingerprint density at radius 3 is 2.00 bits per heavy atom. The van der Waals surface area contributed by atoms with E-state index in [2.05, 4.69) is 72.6 Å². The van der Waals surface area contributed by atoms with Crippen LogP contribution in [0.15, 0.2) is 60.7 Å². The molecular weight excluding hydrogens is 244 g/mol. The number of aryl methyl sites for hydroxylation is 1. The lowest BCUT2D eigenvalue weighted by molar-refractivity contribution is 0.227. The van der Waals surface area contributed by atoms with E-state index in [1.807, 2.05) is 0 Å². The Morgan fingerprint density at radius 2 is 1.45 bits per heavy atom. The third kappa shape index (κ3) is 4.48. The van der Waals surface area contributed by atoms with Gasteiger partial charge in [-0.05, 0) is 31.0 Å². The molecule has 0 heterocycles. The molecule has 0 saturated heterocycles. The van der Waals surface area contributed by atoms with E-state index in [0.29, 0.717) is 12.6 Å². The molecule has 0 aromatic heterocycles. The summed E-state index contributed by atoms with van der Waals surface area (Å²) in [7, 11) is 2.16. The number of likely N-dealkylation sites (N-methyl/N-ethyl adjacent to an activating group) is 1. The van der Waals surface area contributed by atoms with Gasteiger partial charge in [-0.15, -0.1) is 0 Å². The molecule has 0 aliphatic carbocycles. The van der Waals surface area contributed by atoms with Crippen molar-refractivity contribution in [1.29, 1.82) is 0 Å². The van der Waals surface area contributed by atoms with Gasteiger partial charge in [-0.1, -0.05) is 60.7 Å². The lowest BCUT2D eigenvalue weighted by Crippen LogP contribution is -2.37. The van der Waals surface area contributed by atoms with Crippen LogP contribution in [0, 0.1) is 0 Å². The zero-order chi connectivity index (χ0) is 14.2. The third-order valence-corrected chi connectivity index (χ3v) is 3.78. The average Bonchev–Trinajstić information content (AvgIpc) is 2.50. The zero-order valence-electron chi connectivity index (χ0n) is 12.2. The topological polar surface area (TPSA) is 29.3 Å². The van der Waals surface area contributed by atoms with Crippen molar-refractivity contribution in [1.82, 2.24) is 4.90 Å². The maximum Gasteiger partial charge on any atom is 0.0234 e. The maximum absolute atomic E-state index is 5.95. The summed E-state index contributed by atoms with van der Waals surface area (Å²) in [5, 5.41) is 0. The van der Waals surface area contributed by atoms with Gasteiger partial charge >= 0.3 is 0 Å². The van der Waals surface area contributed by atoms with Gasteiger partial charge in [0.1, 0.15) is 0 Å². The Morgan fingerprint density at radius 1 is 0.900 bits per heavy atom. The number of hydrogen-bond acceptors (Lipinski definition) is 2. The molecule has 0 aliphatic heterocycles. The molecule has 0 bridgehead atoms. The lowest BCUT2D eigenvalue weighted by Gasteiger charge is -2.27. The van der Waals surface area contributed by atoms with Crippen LogP contribution in [-0.2, 0) is 13.0 Å². The van der Waals surface area contributed by atoms with Crippen LogP contribution >= 0.6 is 0 Å². The van der Waals surface area contributed by atoms with Gasteiger partial charge in [-0.2, -0.15) is 0 Å². The van der Waals surface area contributed by atoms with E-state index < -0.39 is 0 Å². The van der Waals surface area contributed by atoms with Gasteiger partial charge in [0.15, 0.2) is 0 Å². The number of hydrogen-bond donors (Lipinski definition) is 1. The fraction of sp³-hybridized carbons (Fsp3) is 0.333. The van der Waals surface area contributed by atoms with Gasteiger partial charge in [-0.25, -0.2) is 0 Å². The van der Waals surface area contributed by atoms with Crippen LogP contribution in [0.25, 0.3) is 0 Å². The highest BCUT2D eigenvalue weighted by molar-refractivity contribution is 5.16. The summed E-state index contributed by atoms with van der Waals surface area (Å²) in [5.41, 5.74) is 8.68. The molecule has 0 radical (unpaired) electrons. The molecule has 1 unspecified atom stereocenters. The number of rotatable bonds is 7. The number of benzene rings is 2. The molecule has 0 saturated carbocycles. The summed E-state index contributed by atoms with van der Waals surface area (Å²) in [6, 6.07) is 21.6. The molecule has 1 atom stereocenters. The second kappa shape index (κ2) is 7.83. The summed E-state index contributed by atoms with van der Waals surface area (Å²) in [6.45, 7) is 1.66. The maximum atomic E-state index is 5.95. The predicted molar refractivity (Wildman–Crippen MR) is 85.5 cm³/mol. The van der Waals surface area contributed by atoms with Gasteiger partial charge in [0.2, 0.25) is 0 Å². The summed E-state index contributed by atoms with van der Waals surface area (Å²) in [6.07, 6.45) is 2.19. The van der Waals surface area contributed by atoms with Gasteiger partial charge < -0.3 is 5.73 Å². The van der Waals surface area contributed by atoms with Crippen molar-refractivity contribution in [3.63, 3.8) is 0 Å². The molecule has 2 aromatic rings. The number of nitrogens with zero attached hydrogens (tertiary/aromatic N) is 1. The molecule has 0 aliphatic rings. The molecule has 0 spiro atoms. The number of nitrogens with two attached hydrogens (primary N) is 1. The van der Waals surface area contributed by atoms with Gasteiger partial charge in [0.05, 0.1) is 0 Å². The van der Waals surface area contributed by atoms with Crippen LogP contribution in [0.1, 0.15) is 17.5 Å². The van der Waals surface area contributed by atoms with Crippen molar-refractivity contribution in [2.45, 2.75) is 25.4 Å². The molecule has 106 valence electrons. The first-order valence-electron chi connectivity index (χ1n) is 7.27. The van der Waals surface area contributed by atoms with E-state index in [9.17, 15) is 0 Å². The SMILES string of the molecule is CN(Cc1ccccc1)C(CN)CCc1ccccc1. The Hall–Kier alpha value is -1.64. The van der Waals surface area contributed by atoms with Crippen LogP contribution in [0.3, 0.4) is 0 Å². The van der Waals surface area contributed by atoms with Crippen LogP contribution in [0.4, 0.5) is 0 Å². The van der Waals surface area contributed by atoms with Gasteiger partial charge in [-0.3, -0.25) is 4.90 Å². The molecule has 2 rings (SSSR count). The Labute approximate surface area is 122 Å². The first-order chi connectivity index (χ1) is 9.79. The molecule has 2 nitrogen and oxygen atoms in total. The highest BCUT2D eigenvalue weighted by Crippen LogP contribution is 2.11. The van der Waals surface area contributed by atoms with Gasteiger partial charge in [0.25, 0.3) is 0 Å². The van der Waals surface area contributed by atoms with E-state index in [1.165, 1.54) is 11.1 Å². The monoisotopic (exact) mass is 268 g/mol. The first-order valence-corrected chi connectivity index (χ1v) is 7.27. The first kappa shape index (κ1) is 14.8. The van der Waals surface area contributed by atoms with Crippen molar-refractivity contribution in [3.05, 3.63) is 71.8 Å². The largest absolute Gasteiger partial charge is 0.329 e. The molecule has 2 heteroatoms. The van der Waals surface area contributed by atoms with E-state index >= 15 is 0 Å². The predicted octanol–water partition coefficient (Wildman–Crippen LogP) is 3.08. The van der Waals surface area contributed by atoms with Crippen molar-refractivity contribution < 1.29 is 0 Å². The standard InChI is InChI=1S/C18H24N2/c1-20(15-17-10-6-3-7-11-17)18(14-19)13-12-16-8-4-2-5-9-16/h2-11,18H,12-15,19H2,1H3. The molecule has 20 heavy (non-hydrogen) atoms. The zero-order valence-corrected chi connectivity index (χ0v) is 12.2. The second-order valence-electron chi connectivity index (χ2n) is 5.31. The molecule has 0 amide bonds. The lowest BCUT2D eigenvalue weighted by atomic mass is 10.0. The minimum absolute atomic E-state index is 0.426. The summed E-state index contributed by atoms with van der Waals surface area (Å²) in [4.78, 5) is 2.36. The van der Waals surface area contributed by atoms with Gasteiger partial charge in [0, 0.05) is 19.1 Å². The Balaban J connectivity index is 1.87. The average molecular weight is 268 g/mol.